The summed E-state index contributed by atoms with van der Waals surface area (Å²) in [5.74, 6) is -0.915. The number of thiazole rings is 1. The summed E-state index contributed by atoms with van der Waals surface area (Å²) in [4.78, 5) is 28.7. The first kappa shape index (κ1) is 14.4. The van der Waals surface area contributed by atoms with Gasteiger partial charge in [-0.2, -0.15) is 0 Å². The van der Waals surface area contributed by atoms with Crippen LogP contribution in [0, 0.1) is 0 Å². The van der Waals surface area contributed by atoms with Gasteiger partial charge in [0.05, 0.1) is 13.0 Å². The number of hydrogen-bond acceptors (Lipinski definition) is 4. The molecule has 0 unspecified atom stereocenters. The van der Waals surface area contributed by atoms with E-state index in [2.05, 4.69) is 17.2 Å². The maximum atomic E-state index is 11.6. The fraction of sp³-hybridized carbons (Fsp3) is 0.545. The van der Waals surface area contributed by atoms with Crippen LogP contribution in [0.1, 0.15) is 23.2 Å². The fourth-order valence-electron chi connectivity index (χ4n) is 1.24. The molecule has 0 aromatic carbocycles. The first-order valence-corrected chi connectivity index (χ1v) is 6.49. The Bertz CT molecular complexity index is 419. The summed E-state index contributed by atoms with van der Waals surface area (Å²) in [6.45, 7) is 2.62. The van der Waals surface area contributed by atoms with Gasteiger partial charge in [-0.15, -0.1) is 11.3 Å². The Morgan fingerprint density at radius 1 is 1.56 bits per heavy atom. The summed E-state index contributed by atoms with van der Waals surface area (Å²) in [5.41, 5.74) is 0. The maximum absolute atomic E-state index is 11.6. The second kappa shape index (κ2) is 6.95. The second-order valence-corrected chi connectivity index (χ2v) is 5.00. The summed E-state index contributed by atoms with van der Waals surface area (Å²) in [5, 5.41) is 12.1. The predicted molar refractivity (Wildman–Crippen MR) is 68.6 cm³/mol. The summed E-state index contributed by atoms with van der Waals surface area (Å²) in [6, 6.07) is -0.288. The van der Waals surface area contributed by atoms with Gasteiger partial charge in [0.1, 0.15) is 5.01 Å². The van der Waals surface area contributed by atoms with Crippen LogP contribution in [-0.2, 0) is 17.8 Å². The van der Waals surface area contributed by atoms with Gasteiger partial charge in [0.25, 0.3) is 0 Å². The molecular formula is C11H17N3O3S. The van der Waals surface area contributed by atoms with Crippen molar-refractivity contribution in [3.05, 3.63) is 16.1 Å². The van der Waals surface area contributed by atoms with Crippen LogP contribution in [0.15, 0.2) is 6.20 Å². The quantitative estimate of drug-likeness (QED) is 0.817. The number of carbonyl (C=O) groups is 2. The van der Waals surface area contributed by atoms with Crippen LogP contribution in [0.5, 0.6) is 0 Å². The molecule has 0 atom stereocenters. The van der Waals surface area contributed by atoms with Gasteiger partial charge >= 0.3 is 12.0 Å². The number of urea groups is 1. The van der Waals surface area contributed by atoms with Gasteiger partial charge in [-0.1, -0.05) is 6.92 Å². The van der Waals surface area contributed by atoms with Gasteiger partial charge < -0.3 is 15.3 Å². The van der Waals surface area contributed by atoms with E-state index in [-0.39, 0.29) is 19.0 Å². The molecule has 18 heavy (non-hydrogen) atoms. The van der Waals surface area contributed by atoms with Crippen LogP contribution >= 0.6 is 11.3 Å². The van der Waals surface area contributed by atoms with Crippen LogP contribution in [0.3, 0.4) is 0 Å². The Hall–Kier alpha value is -1.63. The second-order valence-electron chi connectivity index (χ2n) is 3.80. The molecule has 0 radical (unpaired) electrons. The zero-order valence-corrected chi connectivity index (χ0v) is 11.3. The van der Waals surface area contributed by atoms with Crippen molar-refractivity contribution in [1.29, 1.82) is 0 Å². The predicted octanol–water partition coefficient (Wildman–Crippen LogP) is 1.32. The monoisotopic (exact) mass is 271 g/mol. The lowest BCUT2D eigenvalue weighted by Crippen LogP contribution is -2.37. The molecule has 0 spiro atoms. The molecular weight excluding hydrogens is 254 g/mol. The highest BCUT2D eigenvalue weighted by molar-refractivity contribution is 7.11. The highest BCUT2D eigenvalue weighted by Crippen LogP contribution is 2.12. The Balaban J connectivity index is 2.33. The molecule has 0 aliphatic heterocycles. The molecule has 7 heteroatoms. The van der Waals surface area contributed by atoms with Crippen molar-refractivity contribution in [3.63, 3.8) is 0 Å². The minimum atomic E-state index is -0.915. The Kier molecular flexibility index (Phi) is 5.57. The zero-order chi connectivity index (χ0) is 13.5. The molecule has 0 saturated carbocycles. The van der Waals surface area contributed by atoms with Crippen molar-refractivity contribution in [2.24, 2.45) is 0 Å². The third kappa shape index (κ3) is 4.70. The van der Waals surface area contributed by atoms with Crippen molar-refractivity contribution >= 4 is 23.3 Å². The number of carboxylic acids is 1. The molecule has 2 N–H and O–H groups in total. The van der Waals surface area contributed by atoms with Gasteiger partial charge in [0.15, 0.2) is 0 Å². The number of aromatic nitrogens is 1. The van der Waals surface area contributed by atoms with Crippen molar-refractivity contribution in [3.8, 4) is 0 Å². The molecule has 0 saturated heterocycles. The van der Waals surface area contributed by atoms with Crippen molar-refractivity contribution in [2.75, 3.05) is 13.6 Å². The smallest absolute Gasteiger partial charge is 0.317 e. The van der Waals surface area contributed by atoms with E-state index in [9.17, 15) is 9.59 Å². The summed E-state index contributed by atoms with van der Waals surface area (Å²) in [7, 11) is 1.57. The Morgan fingerprint density at radius 3 is 2.83 bits per heavy atom. The minimum Gasteiger partial charge on any atom is -0.481 e. The third-order valence-corrected chi connectivity index (χ3v) is 3.49. The average Bonchev–Trinajstić information content (AvgIpc) is 2.80. The van der Waals surface area contributed by atoms with Crippen LogP contribution < -0.4 is 5.32 Å². The third-order valence-electron chi connectivity index (χ3n) is 2.35. The molecule has 0 bridgehead atoms. The number of hydrogen-bond donors (Lipinski definition) is 2. The summed E-state index contributed by atoms with van der Waals surface area (Å²) >= 11 is 1.57. The lowest BCUT2D eigenvalue weighted by molar-refractivity contribution is -0.137. The van der Waals surface area contributed by atoms with Gasteiger partial charge in [0.2, 0.25) is 0 Å². The van der Waals surface area contributed by atoms with E-state index in [1.165, 1.54) is 9.78 Å². The molecule has 1 rings (SSSR count). The molecule has 100 valence electrons. The lowest BCUT2D eigenvalue weighted by Gasteiger charge is -2.16. The molecule has 0 aliphatic rings. The SMILES string of the molecule is CCc1cnc(CNC(=O)N(C)CCC(=O)O)s1. The highest BCUT2D eigenvalue weighted by atomic mass is 32.1. The number of nitrogens with zero attached hydrogens (tertiary/aromatic N) is 2. The molecule has 1 heterocycles. The maximum Gasteiger partial charge on any atom is 0.317 e. The molecule has 6 nitrogen and oxygen atoms in total. The van der Waals surface area contributed by atoms with Crippen LogP contribution in [0.4, 0.5) is 4.79 Å². The number of amides is 2. The molecule has 1 aromatic rings. The van der Waals surface area contributed by atoms with E-state index in [0.717, 1.165) is 11.4 Å². The number of aryl methyl sites for hydroxylation is 1. The lowest BCUT2D eigenvalue weighted by atomic mass is 10.4. The number of nitrogens with one attached hydrogen (secondary N) is 1. The fourth-order valence-corrected chi connectivity index (χ4v) is 2.05. The van der Waals surface area contributed by atoms with Crippen molar-refractivity contribution < 1.29 is 14.7 Å². The Labute approximate surface area is 110 Å². The van der Waals surface area contributed by atoms with E-state index >= 15 is 0 Å². The van der Waals surface area contributed by atoms with E-state index in [0.29, 0.717) is 6.54 Å². The van der Waals surface area contributed by atoms with Crippen LogP contribution in [-0.4, -0.2) is 40.6 Å². The number of aliphatic carboxylic acids is 1. The van der Waals surface area contributed by atoms with Crippen LogP contribution in [0.25, 0.3) is 0 Å². The zero-order valence-electron chi connectivity index (χ0n) is 10.5. The van der Waals surface area contributed by atoms with Gasteiger partial charge in [0, 0.05) is 24.7 Å². The normalized spacial score (nSPS) is 10.1. The molecule has 0 fully saturated rings. The Morgan fingerprint density at radius 2 is 2.28 bits per heavy atom. The van der Waals surface area contributed by atoms with E-state index in [1.807, 2.05) is 0 Å². The van der Waals surface area contributed by atoms with Crippen molar-refractivity contribution in [1.82, 2.24) is 15.2 Å². The number of carbonyl (C=O) groups excluding carboxylic acids is 1. The topological polar surface area (TPSA) is 82.5 Å². The molecule has 0 aliphatic carbocycles. The van der Waals surface area contributed by atoms with Gasteiger partial charge in [-0.25, -0.2) is 9.78 Å². The van der Waals surface area contributed by atoms with Gasteiger partial charge in [-0.05, 0) is 6.42 Å². The average molecular weight is 271 g/mol. The summed E-state index contributed by atoms with van der Waals surface area (Å²) < 4.78 is 0. The van der Waals surface area contributed by atoms with E-state index in [4.69, 9.17) is 5.11 Å². The highest BCUT2D eigenvalue weighted by Gasteiger charge is 2.10. The minimum absolute atomic E-state index is 0.0544. The summed E-state index contributed by atoms with van der Waals surface area (Å²) in [6.07, 6.45) is 2.69. The first-order valence-electron chi connectivity index (χ1n) is 5.67. The van der Waals surface area contributed by atoms with Crippen LogP contribution in [0.2, 0.25) is 0 Å². The van der Waals surface area contributed by atoms with Gasteiger partial charge in [-0.3, -0.25) is 4.79 Å². The van der Waals surface area contributed by atoms with E-state index in [1.54, 1.807) is 24.6 Å². The molecule has 1 aromatic heterocycles. The largest absolute Gasteiger partial charge is 0.481 e. The molecule has 2 amide bonds. The number of carboxylic acid groups (broad SMARTS) is 1. The van der Waals surface area contributed by atoms with E-state index < -0.39 is 5.97 Å². The number of rotatable bonds is 6. The van der Waals surface area contributed by atoms with Crippen molar-refractivity contribution in [2.45, 2.75) is 26.3 Å². The first-order chi connectivity index (χ1) is 8.52. The standard InChI is InChI=1S/C11H17N3O3S/c1-3-8-6-12-9(18-8)7-13-11(17)14(2)5-4-10(15)16/h6H,3-5,7H2,1-2H3,(H,13,17)(H,15,16).